The van der Waals surface area contributed by atoms with Gasteiger partial charge in [0.15, 0.2) is 0 Å². The highest BCUT2D eigenvalue weighted by atomic mass is 16.1. The van der Waals surface area contributed by atoms with Crippen molar-refractivity contribution >= 4 is 5.78 Å². The van der Waals surface area contributed by atoms with Crippen LogP contribution in [0.3, 0.4) is 0 Å². The van der Waals surface area contributed by atoms with Gasteiger partial charge in [-0.05, 0) is 36.8 Å². The Morgan fingerprint density at radius 1 is 1.50 bits per heavy atom. The number of pyridine rings is 1. The Hall–Kier alpha value is -1.18. The highest BCUT2D eigenvalue weighted by Gasteiger charge is 2.19. The van der Waals surface area contributed by atoms with Crippen molar-refractivity contribution in [2.45, 2.75) is 32.1 Å². The molecule has 0 saturated heterocycles. The number of rotatable bonds is 2. The molecule has 1 aliphatic rings. The molecule has 0 bridgehead atoms. The molecule has 1 atom stereocenters. The predicted octanol–water partition coefficient (Wildman–Crippen LogP) is 2.38. The summed E-state index contributed by atoms with van der Waals surface area (Å²) in [6, 6.07) is 4.05. The van der Waals surface area contributed by atoms with E-state index in [1.54, 1.807) is 6.20 Å². The zero-order chi connectivity index (χ0) is 9.80. The van der Waals surface area contributed by atoms with Crippen molar-refractivity contribution in [3.63, 3.8) is 0 Å². The number of carbonyl (C=O) groups is 1. The molecule has 0 spiro atoms. The zero-order valence-electron chi connectivity index (χ0n) is 8.28. The Bertz CT molecular complexity index is 307. The fourth-order valence-corrected chi connectivity index (χ4v) is 2.14. The van der Waals surface area contributed by atoms with Crippen molar-refractivity contribution in [1.82, 2.24) is 4.98 Å². The molecule has 2 rings (SSSR count). The molecule has 2 heteroatoms. The maximum absolute atomic E-state index is 11.2. The lowest BCUT2D eigenvalue weighted by molar-refractivity contribution is -0.121. The second kappa shape index (κ2) is 4.36. The summed E-state index contributed by atoms with van der Waals surface area (Å²) in [6.07, 6.45) is 8.54. The molecule has 1 aromatic heterocycles. The van der Waals surface area contributed by atoms with Crippen LogP contribution in [0.25, 0.3) is 0 Å². The van der Waals surface area contributed by atoms with Crippen LogP contribution in [0.1, 0.15) is 31.2 Å². The van der Waals surface area contributed by atoms with Crippen LogP contribution in [-0.4, -0.2) is 10.8 Å². The number of Topliss-reactive ketones (excluding diaryl/α,β-unsaturated/α-hetero) is 1. The smallest absolute Gasteiger partial charge is 0.133 e. The van der Waals surface area contributed by atoms with E-state index in [9.17, 15) is 4.79 Å². The van der Waals surface area contributed by atoms with Crippen molar-refractivity contribution in [1.29, 1.82) is 0 Å². The molecule has 1 aromatic rings. The minimum absolute atomic E-state index is 0.435. The minimum Gasteiger partial charge on any atom is -0.300 e. The molecule has 14 heavy (non-hydrogen) atoms. The summed E-state index contributed by atoms with van der Waals surface area (Å²) < 4.78 is 0. The summed E-state index contributed by atoms with van der Waals surface area (Å²) in [5.41, 5.74) is 1.26. The van der Waals surface area contributed by atoms with Gasteiger partial charge in [-0.3, -0.25) is 9.78 Å². The van der Waals surface area contributed by atoms with Gasteiger partial charge in [0.25, 0.3) is 0 Å². The first-order chi connectivity index (χ1) is 6.84. The third-order valence-electron chi connectivity index (χ3n) is 2.83. The van der Waals surface area contributed by atoms with E-state index in [1.165, 1.54) is 12.0 Å². The highest BCUT2D eigenvalue weighted by molar-refractivity contribution is 5.79. The lowest BCUT2D eigenvalue weighted by Gasteiger charge is -2.20. The molecular weight excluding hydrogens is 174 g/mol. The van der Waals surface area contributed by atoms with Crippen molar-refractivity contribution in [2.75, 3.05) is 0 Å². The van der Waals surface area contributed by atoms with Gasteiger partial charge in [-0.2, -0.15) is 0 Å². The second-order valence-corrected chi connectivity index (χ2v) is 4.07. The van der Waals surface area contributed by atoms with Gasteiger partial charge in [0, 0.05) is 25.2 Å². The fourth-order valence-electron chi connectivity index (χ4n) is 2.14. The number of carbonyl (C=O) groups excluding carboxylic acids is 1. The van der Waals surface area contributed by atoms with Gasteiger partial charge in [0.05, 0.1) is 0 Å². The van der Waals surface area contributed by atoms with Crippen molar-refractivity contribution in [3.8, 4) is 0 Å². The van der Waals surface area contributed by atoms with Gasteiger partial charge >= 0.3 is 0 Å². The summed E-state index contributed by atoms with van der Waals surface area (Å²) in [5, 5.41) is 0. The van der Waals surface area contributed by atoms with E-state index >= 15 is 0 Å². The lowest BCUT2D eigenvalue weighted by atomic mass is 9.84. The maximum Gasteiger partial charge on any atom is 0.133 e. The molecule has 2 nitrogen and oxygen atoms in total. The van der Waals surface area contributed by atoms with Crippen LogP contribution in [0.5, 0.6) is 0 Å². The fraction of sp³-hybridized carbons (Fsp3) is 0.500. The Kier molecular flexibility index (Phi) is 2.92. The number of hydrogen-bond acceptors (Lipinski definition) is 2. The Labute approximate surface area is 84.4 Å². The molecule has 1 saturated carbocycles. The monoisotopic (exact) mass is 189 g/mol. The van der Waals surface area contributed by atoms with Gasteiger partial charge in [-0.25, -0.2) is 0 Å². The molecule has 0 N–H and O–H groups in total. The minimum atomic E-state index is 0.435. The molecule has 0 aromatic carbocycles. The van der Waals surface area contributed by atoms with Crippen LogP contribution in [0.15, 0.2) is 24.5 Å². The Balaban J connectivity index is 1.94. The van der Waals surface area contributed by atoms with Crippen LogP contribution in [-0.2, 0) is 11.2 Å². The maximum atomic E-state index is 11.2. The summed E-state index contributed by atoms with van der Waals surface area (Å²) in [6.45, 7) is 0. The quantitative estimate of drug-likeness (QED) is 0.715. The van der Waals surface area contributed by atoms with Crippen LogP contribution in [0.4, 0.5) is 0 Å². The van der Waals surface area contributed by atoms with Gasteiger partial charge in [0.2, 0.25) is 0 Å². The topological polar surface area (TPSA) is 30.0 Å². The number of ketones is 1. The van der Waals surface area contributed by atoms with Crippen LogP contribution in [0, 0.1) is 5.92 Å². The highest BCUT2D eigenvalue weighted by Crippen LogP contribution is 2.24. The molecule has 0 aliphatic heterocycles. The molecule has 1 heterocycles. The molecule has 1 fully saturated rings. The number of nitrogens with zero attached hydrogens (tertiary/aromatic N) is 1. The van der Waals surface area contributed by atoms with Gasteiger partial charge in [-0.15, -0.1) is 0 Å². The molecule has 74 valence electrons. The van der Waals surface area contributed by atoms with Crippen molar-refractivity contribution in [2.24, 2.45) is 5.92 Å². The first-order valence-corrected chi connectivity index (χ1v) is 5.25. The van der Waals surface area contributed by atoms with E-state index in [4.69, 9.17) is 0 Å². The standard InChI is InChI=1S/C12H15NO/c14-12-5-1-3-10(8-12)7-11-4-2-6-13-9-11/h2,4,6,9-10H,1,3,5,7-8H2. The third kappa shape index (κ3) is 2.41. The van der Waals surface area contributed by atoms with E-state index < -0.39 is 0 Å². The molecular formula is C12H15NO. The van der Waals surface area contributed by atoms with Gasteiger partial charge in [0.1, 0.15) is 5.78 Å². The van der Waals surface area contributed by atoms with E-state index in [1.807, 2.05) is 12.3 Å². The van der Waals surface area contributed by atoms with Crippen LogP contribution < -0.4 is 0 Å². The zero-order valence-corrected chi connectivity index (χ0v) is 8.28. The first-order valence-electron chi connectivity index (χ1n) is 5.25. The van der Waals surface area contributed by atoms with Gasteiger partial charge in [-0.1, -0.05) is 6.07 Å². The number of hydrogen-bond donors (Lipinski definition) is 0. The predicted molar refractivity (Wildman–Crippen MR) is 54.9 cm³/mol. The molecule has 1 unspecified atom stereocenters. The Morgan fingerprint density at radius 2 is 2.43 bits per heavy atom. The SMILES string of the molecule is O=C1CCCC(Cc2cccnc2)C1. The van der Waals surface area contributed by atoms with E-state index in [2.05, 4.69) is 11.1 Å². The largest absolute Gasteiger partial charge is 0.300 e. The van der Waals surface area contributed by atoms with Gasteiger partial charge < -0.3 is 0 Å². The normalized spacial score (nSPS) is 22.3. The van der Waals surface area contributed by atoms with Crippen molar-refractivity contribution in [3.05, 3.63) is 30.1 Å². The molecule has 0 radical (unpaired) electrons. The Morgan fingerprint density at radius 3 is 3.14 bits per heavy atom. The average Bonchev–Trinajstić information content (AvgIpc) is 2.19. The van der Waals surface area contributed by atoms with Crippen LogP contribution >= 0.6 is 0 Å². The van der Waals surface area contributed by atoms with E-state index in [0.29, 0.717) is 11.7 Å². The summed E-state index contributed by atoms with van der Waals surface area (Å²) >= 11 is 0. The second-order valence-electron chi connectivity index (χ2n) is 4.07. The van der Waals surface area contributed by atoms with E-state index in [-0.39, 0.29) is 0 Å². The lowest BCUT2D eigenvalue weighted by Crippen LogP contribution is -2.16. The molecule has 0 amide bonds. The van der Waals surface area contributed by atoms with E-state index in [0.717, 1.165) is 25.7 Å². The van der Waals surface area contributed by atoms with Crippen LogP contribution in [0.2, 0.25) is 0 Å². The molecule has 1 aliphatic carbocycles. The van der Waals surface area contributed by atoms with Crippen molar-refractivity contribution < 1.29 is 4.79 Å². The first kappa shape index (κ1) is 9.38. The third-order valence-corrected chi connectivity index (χ3v) is 2.83. The summed E-state index contributed by atoms with van der Waals surface area (Å²) in [7, 11) is 0. The average molecular weight is 189 g/mol. The summed E-state index contributed by atoms with van der Waals surface area (Å²) in [5.74, 6) is 0.991. The number of aromatic nitrogens is 1. The summed E-state index contributed by atoms with van der Waals surface area (Å²) in [4.78, 5) is 15.3.